The molecule has 2 nitrogen and oxygen atoms in total. The van der Waals surface area contributed by atoms with Gasteiger partial charge in [-0.25, -0.2) is 8.78 Å². The smallest absolute Gasteiger partial charge is 0.251 e. The fourth-order valence-corrected chi connectivity index (χ4v) is 2.38. The Bertz CT molecular complexity index is 646. The molecule has 0 fully saturated rings. The van der Waals surface area contributed by atoms with E-state index in [1.165, 1.54) is 12.1 Å². The number of halogens is 3. The average molecular weight is 387 g/mol. The van der Waals surface area contributed by atoms with E-state index in [1.807, 2.05) is 6.07 Å². The van der Waals surface area contributed by atoms with Gasteiger partial charge in [0.05, 0.1) is 6.04 Å². The highest BCUT2D eigenvalue weighted by Gasteiger charge is 2.15. The molecular formula is C15H12F2INO. The number of carbonyl (C=O) groups is 1. The minimum absolute atomic E-state index is 0.255. The van der Waals surface area contributed by atoms with E-state index in [1.54, 1.807) is 25.1 Å². The van der Waals surface area contributed by atoms with Crippen molar-refractivity contribution in [1.82, 2.24) is 5.32 Å². The van der Waals surface area contributed by atoms with Gasteiger partial charge in [0.2, 0.25) is 0 Å². The standard InChI is InChI=1S/C15H12F2INO/c1-9(13-6-5-11(16)8-14(13)17)19-15(20)10-3-2-4-12(18)7-10/h2-9H,1H3,(H,19,20)/t9-/m0/s1. The van der Waals surface area contributed by atoms with Gasteiger partial charge in [0, 0.05) is 20.8 Å². The van der Waals surface area contributed by atoms with Crippen molar-refractivity contribution < 1.29 is 13.6 Å². The quantitative estimate of drug-likeness (QED) is 0.791. The third kappa shape index (κ3) is 3.53. The summed E-state index contributed by atoms with van der Waals surface area (Å²) in [4.78, 5) is 12.0. The van der Waals surface area contributed by atoms with Gasteiger partial charge in [-0.3, -0.25) is 4.79 Å². The first-order chi connectivity index (χ1) is 9.47. The van der Waals surface area contributed by atoms with Crippen LogP contribution in [0.15, 0.2) is 42.5 Å². The summed E-state index contributed by atoms with van der Waals surface area (Å²) in [6.07, 6.45) is 0. The van der Waals surface area contributed by atoms with E-state index in [2.05, 4.69) is 27.9 Å². The van der Waals surface area contributed by atoms with Gasteiger partial charge in [-0.1, -0.05) is 12.1 Å². The van der Waals surface area contributed by atoms with Crippen LogP contribution in [0.1, 0.15) is 28.9 Å². The third-order valence-electron chi connectivity index (χ3n) is 2.86. The second-order valence-corrected chi connectivity index (χ2v) is 5.62. The van der Waals surface area contributed by atoms with Gasteiger partial charge in [0.1, 0.15) is 11.6 Å². The normalized spacial score (nSPS) is 12.0. The SMILES string of the molecule is C[C@H](NC(=O)c1cccc(I)c1)c1ccc(F)cc1F. The lowest BCUT2D eigenvalue weighted by Gasteiger charge is -2.15. The second kappa shape index (κ2) is 6.30. The van der Waals surface area contributed by atoms with Gasteiger partial charge in [-0.2, -0.15) is 0 Å². The van der Waals surface area contributed by atoms with Crippen molar-refractivity contribution in [3.63, 3.8) is 0 Å². The van der Waals surface area contributed by atoms with Gasteiger partial charge >= 0.3 is 0 Å². The highest BCUT2D eigenvalue weighted by molar-refractivity contribution is 14.1. The Kier molecular flexibility index (Phi) is 4.69. The van der Waals surface area contributed by atoms with Crippen molar-refractivity contribution in [3.8, 4) is 0 Å². The molecule has 1 atom stereocenters. The molecule has 0 saturated heterocycles. The number of rotatable bonds is 3. The molecule has 5 heteroatoms. The predicted molar refractivity (Wildman–Crippen MR) is 81.4 cm³/mol. The van der Waals surface area contributed by atoms with E-state index in [0.717, 1.165) is 9.64 Å². The van der Waals surface area contributed by atoms with Crippen LogP contribution in [0.4, 0.5) is 8.78 Å². The first-order valence-corrected chi connectivity index (χ1v) is 7.06. The maximum atomic E-state index is 13.6. The molecule has 0 aliphatic heterocycles. The van der Waals surface area contributed by atoms with Crippen LogP contribution in [0.25, 0.3) is 0 Å². The Hall–Kier alpha value is -1.50. The number of benzene rings is 2. The molecule has 0 heterocycles. The molecule has 0 spiro atoms. The Labute approximate surface area is 129 Å². The van der Waals surface area contributed by atoms with Gasteiger partial charge in [-0.15, -0.1) is 0 Å². The van der Waals surface area contributed by atoms with Crippen molar-refractivity contribution in [2.75, 3.05) is 0 Å². The summed E-state index contributed by atoms with van der Waals surface area (Å²) in [6, 6.07) is 9.86. The molecular weight excluding hydrogens is 375 g/mol. The van der Waals surface area contributed by atoms with Crippen LogP contribution in [0.5, 0.6) is 0 Å². The molecule has 0 radical (unpaired) electrons. The summed E-state index contributed by atoms with van der Waals surface area (Å²) in [7, 11) is 0. The predicted octanol–water partition coefficient (Wildman–Crippen LogP) is 4.06. The van der Waals surface area contributed by atoms with Crippen LogP contribution < -0.4 is 5.32 Å². The van der Waals surface area contributed by atoms with Crippen LogP contribution in [-0.2, 0) is 0 Å². The van der Waals surface area contributed by atoms with Crippen LogP contribution in [0.3, 0.4) is 0 Å². The molecule has 2 rings (SSSR count). The first kappa shape index (κ1) is 14.9. The molecule has 2 aromatic carbocycles. The lowest BCUT2D eigenvalue weighted by Crippen LogP contribution is -2.27. The highest BCUT2D eigenvalue weighted by Crippen LogP contribution is 2.18. The van der Waals surface area contributed by atoms with Crippen LogP contribution in [-0.4, -0.2) is 5.91 Å². The fraction of sp³-hybridized carbons (Fsp3) is 0.133. The molecule has 104 valence electrons. The van der Waals surface area contributed by atoms with Crippen molar-refractivity contribution in [2.45, 2.75) is 13.0 Å². The largest absolute Gasteiger partial charge is 0.345 e. The molecule has 1 amide bonds. The monoisotopic (exact) mass is 387 g/mol. The molecule has 0 aromatic heterocycles. The number of nitrogens with one attached hydrogen (secondary N) is 1. The summed E-state index contributed by atoms with van der Waals surface area (Å²) < 4.78 is 27.4. The lowest BCUT2D eigenvalue weighted by molar-refractivity contribution is 0.0939. The van der Waals surface area contributed by atoms with Crippen LogP contribution in [0, 0.1) is 15.2 Å². The van der Waals surface area contributed by atoms with Gasteiger partial charge in [-0.05, 0) is 53.8 Å². The minimum Gasteiger partial charge on any atom is -0.345 e. The Morgan fingerprint density at radius 1 is 1.20 bits per heavy atom. The van der Waals surface area contributed by atoms with E-state index in [9.17, 15) is 13.6 Å². The Balaban J connectivity index is 2.15. The zero-order chi connectivity index (χ0) is 14.7. The van der Waals surface area contributed by atoms with Crippen molar-refractivity contribution in [1.29, 1.82) is 0 Å². The average Bonchev–Trinajstić information content (AvgIpc) is 2.38. The fourth-order valence-electron chi connectivity index (χ4n) is 1.84. The molecule has 20 heavy (non-hydrogen) atoms. The zero-order valence-electron chi connectivity index (χ0n) is 10.7. The molecule has 0 aliphatic carbocycles. The molecule has 2 aromatic rings. The summed E-state index contributed by atoms with van der Waals surface area (Å²) in [5.74, 6) is -1.59. The minimum atomic E-state index is -0.666. The van der Waals surface area contributed by atoms with Crippen molar-refractivity contribution in [3.05, 3.63) is 68.8 Å². The molecule has 0 unspecified atom stereocenters. The van der Waals surface area contributed by atoms with Gasteiger partial charge in [0.25, 0.3) is 5.91 Å². The molecule has 0 aliphatic rings. The van der Waals surface area contributed by atoms with Crippen LogP contribution >= 0.6 is 22.6 Å². The topological polar surface area (TPSA) is 29.1 Å². The zero-order valence-corrected chi connectivity index (χ0v) is 12.8. The number of carbonyl (C=O) groups excluding carboxylic acids is 1. The first-order valence-electron chi connectivity index (χ1n) is 5.99. The van der Waals surface area contributed by atoms with E-state index in [4.69, 9.17) is 0 Å². The summed E-state index contributed by atoms with van der Waals surface area (Å²) in [5, 5.41) is 2.70. The summed E-state index contributed by atoms with van der Waals surface area (Å²) in [5.41, 5.74) is 0.761. The lowest BCUT2D eigenvalue weighted by atomic mass is 10.1. The summed E-state index contributed by atoms with van der Waals surface area (Å²) >= 11 is 2.11. The Morgan fingerprint density at radius 2 is 1.95 bits per heavy atom. The van der Waals surface area contributed by atoms with Crippen molar-refractivity contribution in [2.24, 2.45) is 0 Å². The highest BCUT2D eigenvalue weighted by atomic mass is 127. The van der Waals surface area contributed by atoms with Gasteiger partial charge in [0.15, 0.2) is 0 Å². The second-order valence-electron chi connectivity index (χ2n) is 4.37. The Morgan fingerprint density at radius 3 is 2.60 bits per heavy atom. The van der Waals surface area contributed by atoms with E-state index in [0.29, 0.717) is 5.56 Å². The maximum Gasteiger partial charge on any atom is 0.251 e. The van der Waals surface area contributed by atoms with E-state index in [-0.39, 0.29) is 11.5 Å². The third-order valence-corrected chi connectivity index (χ3v) is 3.53. The number of hydrogen-bond acceptors (Lipinski definition) is 1. The van der Waals surface area contributed by atoms with Crippen LogP contribution in [0.2, 0.25) is 0 Å². The molecule has 1 N–H and O–H groups in total. The number of hydrogen-bond donors (Lipinski definition) is 1. The van der Waals surface area contributed by atoms with E-state index < -0.39 is 17.7 Å². The number of amides is 1. The van der Waals surface area contributed by atoms with E-state index >= 15 is 0 Å². The maximum absolute atomic E-state index is 13.6. The van der Waals surface area contributed by atoms with Gasteiger partial charge < -0.3 is 5.32 Å². The molecule has 0 bridgehead atoms. The molecule has 0 saturated carbocycles. The summed E-state index contributed by atoms with van der Waals surface area (Å²) in [6.45, 7) is 1.65. The van der Waals surface area contributed by atoms with Crippen molar-refractivity contribution >= 4 is 28.5 Å².